The highest BCUT2D eigenvalue weighted by Gasteiger charge is 2.23. The molecule has 0 bridgehead atoms. The molecule has 0 atom stereocenters. The molecule has 2 rings (SSSR count). The van der Waals surface area contributed by atoms with E-state index >= 15 is 0 Å². The molecule has 1 amide bonds. The van der Waals surface area contributed by atoms with Gasteiger partial charge in [0.25, 0.3) is 5.91 Å². The van der Waals surface area contributed by atoms with Gasteiger partial charge in [-0.25, -0.2) is 0 Å². The maximum atomic E-state index is 12.4. The minimum absolute atomic E-state index is 0.0304. The third-order valence-electron chi connectivity index (χ3n) is 3.11. The van der Waals surface area contributed by atoms with Crippen molar-refractivity contribution in [3.8, 4) is 0 Å². The van der Waals surface area contributed by atoms with Crippen LogP contribution in [0.3, 0.4) is 0 Å². The molecular formula is C12H15BrN2O2S. The largest absolute Gasteiger partial charge is 0.398 e. The molecule has 0 aromatic heterocycles. The fourth-order valence-electron chi connectivity index (χ4n) is 1.93. The van der Waals surface area contributed by atoms with Gasteiger partial charge >= 0.3 is 0 Å². The number of nitrogens with zero attached hydrogens (tertiary/aromatic N) is 1. The van der Waals surface area contributed by atoms with Crippen molar-refractivity contribution < 1.29 is 9.00 Å². The Morgan fingerprint density at radius 1 is 1.39 bits per heavy atom. The highest BCUT2D eigenvalue weighted by Crippen LogP contribution is 2.24. The zero-order valence-electron chi connectivity index (χ0n) is 10.1. The van der Waals surface area contributed by atoms with Gasteiger partial charge in [0.1, 0.15) is 0 Å². The van der Waals surface area contributed by atoms with E-state index in [1.165, 1.54) is 0 Å². The lowest BCUT2D eigenvalue weighted by atomic mass is 10.1. The summed E-state index contributed by atoms with van der Waals surface area (Å²) in [5.41, 5.74) is 7.89. The van der Waals surface area contributed by atoms with Gasteiger partial charge in [0.05, 0.1) is 0 Å². The van der Waals surface area contributed by atoms with Crippen molar-refractivity contribution in [2.75, 3.05) is 30.3 Å². The van der Waals surface area contributed by atoms with Crippen molar-refractivity contribution in [1.82, 2.24) is 4.90 Å². The molecule has 0 spiro atoms. The molecule has 1 aliphatic heterocycles. The summed E-state index contributed by atoms with van der Waals surface area (Å²) in [7, 11) is -0.776. The SMILES string of the molecule is Cc1c(N)cc(Br)cc1C(=O)N1CCS(=O)CC1. The molecule has 98 valence electrons. The van der Waals surface area contributed by atoms with Crippen molar-refractivity contribution >= 4 is 38.3 Å². The minimum Gasteiger partial charge on any atom is -0.398 e. The van der Waals surface area contributed by atoms with Gasteiger partial charge in [-0.15, -0.1) is 0 Å². The number of nitrogens with two attached hydrogens (primary N) is 1. The zero-order valence-corrected chi connectivity index (χ0v) is 12.5. The van der Waals surface area contributed by atoms with Crippen LogP contribution in [0, 0.1) is 6.92 Å². The van der Waals surface area contributed by atoms with Gasteiger partial charge in [0.2, 0.25) is 0 Å². The molecule has 6 heteroatoms. The second-order valence-corrected chi connectivity index (χ2v) is 6.92. The van der Waals surface area contributed by atoms with Crippen LogP contribution in [0.15, 0.2) is 16.6 Å². The number of hydrogen-bond acceptors (Lipinski definition) is 3. The molecule has 18 heavy (non-hydrogen) atoms. The summed E-state index contributed by atoms with van der Waals surface area (Å²) in [6.07, 6.45) is 0. The minimum atomic E-state index is -0.776. The summed E-state index contributed by atoms with van der Waals surface area (Å²) < 4.78 is 12.1. The average molecular weight is 331 g/mol. The molecule has 1 aromatic carbocycles. The lowest BCUT2D eigenvalue weighted by Crippen LogP contribution is -2.42. The van der Waals surface area contributed by atoms with Gasteiger partial charge in [-0.2, -0.15) is 0 Å². The van der Waals surface area contributed by atoms with E-state index in [0.29, 0.717) is 35.8 Å². The first-order chi connectivity index (χ1) is 8.49. The van der Waals surface area contributed by atoms with E-state index in [-0.39, 0.29) is 5.91 Å². The van der Waals surface area contributed by atoms with Crippen LogP contribution in [0.25, 0.3) is 0 Å². The Labute approximate surface area is 117 Å². The fourth-order valence-corrected chi connectivity index (χ4v) is 3.46. The Kier molecular flexibility index (Phi) is 4.07. The first-order valence-corrected chi connectivity index (χ1v) is 7.97. The van der Waals surface area contributed by atoms with E-state index in [9.17, 15) is 9.00 Å². The molecule has 0 unspecified atom stereocenters. The highest BCUT2D eigenvalue weighted by molar-refractivity contribution is 9.10. The van der Waals surface area contributed by atoms with Gasteiger partial charge in [-0.1, -0.05) is 15.9 Å². The van der Waals surface area contributed by atoms with E-state index in [1.807, 2.05) is 6.92 Å². The number of hydrogen-bond donors (Lipinski definition) is 1. The van der Waals surface area contributed by atoms with Crippen LogP contribution in [0.1, 0.15) is 15.9 Å². The normalized spacial score (nSPS) is 16.9. The van der Waals surface area contributed by atoms with Crippen LogP contribution in [0.5, 0.6) is 0 Å². The van der Waals surface area contributed by atoms with E-state index in [2.05, 4.69) is 15.9 Å². The molecule has 2 N–H and O–H groups in total. The summed E-state index contributed by atoms with van der Waals surface area (Å²) >= 11 is 3.35. The molecule has 0 radical (unpaired) electrons. The second-order valence-electron chi connectivity index (χ2n) is 4.31. The lowest BCUT2D eigenvalue weighted by Gasteiger charge is -2.27. The Hall–Kier alpha value is -0.880. The van der Waals surface area contributed by atoms with Crippen molar-refractivity contribution in [3.05, 3.63) is 27.7 Å². The molecule has 1 aromatic rings. The number of halogens is 1. The molecule has 4 nitrogen and oxygen atoms in total. The maximum Gasteiger partial charge on any atom is 0.254 e. The van der Waals surface area contributed by atoms with Crippen molar-refractivity contribution in [1.29, 1.82) is 0 Å². The third-order valence-corrected chi connectivity index (χ3v) is 4.84. The second kappa shape index (κ2) is 5.40. The Bertz CT molecular complexity index is 509. The molecular weight excluding hydrogens is 316 g/mol. The van der Waals surface area contributed by atoms with Crippen LogP contribution in [0.2, 0.25) is 0 Å². The van der Waals surface area contributed by atoms with Gasteiger partial charge in [0, 0.05) is 51.1 Å². The number of carbonyl (C=O) groups excluding carboxylic acids is 1. The van der Waals surface area contributed by atoms with Crippen LogP contribution < -0.4 is 5.73 Å². The Morgan fingerprint density at radius 3 is 2.61 bits per heavy atom. The topological polar surface area (TPSA) is 63.4 Å². The maximum absolute atomic E-state index is 12.4. The predicted molar refractivity (Wildman–Crippen MR) is 77.1 cm³/mol. The van der Waals surface area contributed by atoms with Gasteiger partial charge < -0.3 is 10.6 Å². The number of anilines is 1. The predicted octanol–water partition coefficient (Wildman–Crippen LogP) is 1.54. The fraction of sp³-hybridized carbons (Fsp3) is 0.417. The van der Waals surface area contributed by atoms with E-state index < -0.39 is 10.8 Å². The zero-order chi connectivity index (χ0) is 13.3. The molecule has 0 aliphatic carbocycles. The third kappa shape index (κ3) is 2.75. The van der Waals surface area contributed by atoms with E-state index in [0.717, 1.165) is 10.0 Å². The average Bonchev–Trinajstić information content (AvgIpc) is 2.34. The molecule has 1 aliphatic rings. The Balaban J connectivity index is 2.26. The monoisotopic (exact) mass is 330 g/mol. The van der Waals surface area contributed by atoms with E-state index in [4.69, 9.17) is 5.73 Å². The van der Waals surface area contributed by atoms with Crippen LogP contribution in [-0.4, -0.2) is 39.6 Å². The lowest BCUT2D eigenvalue weighted by molar-refractivity contribution is 0.0770. The van der Waals surface area contributed by atoms with Gasteiger partial charge in [-0.05, 0) is 24.6 Å². The van der Waals surface area contributed by atoms with Crippen molar-refractivity contribution in [2.45, 2.75) is 6.92 Å². The summed E-state index contributed by atoms with van der Waals surface area (Å²) in [4.78, 5) is 14.1. The smallest absolute Gasteiger partial charge is 0.254 e. The quantitative estimate of drug-likeness (QED) is 0.794. The molecule has 0 saturated carbocycles. The first-order valence-electron chi connectivity index (χ1n) is 5.69. The number of benzene rings is 1. The highest BCUT2D eigenvalue weighted by atomic mass is 79.9. The van der Waals surface area contributed by atoms with Crippen LogP contribution in [0.4, 0.5) is 5.69 Å². The van der Waals surface area contributed by atoms with Crippen molar-refractivity contribution in [2.24, 2.45) is 0 Å². The first kappa shape index (κ1) is 13.5. The molecule has 1 heterocycles. The summed E-state index contributed by atoms with van der Waals surface area (Å²) in [5.74, 6) is 1.10. The summed E-state index contributed by atoms with van der Waals surface area (Å²) in [6.45, 7) is 2.95. The standard InChI is InChI=1S/C12H15BrN2O2S/c1-8-10(6-9(13)7-11(8)14)12(16)15-2-4-18(17)5-3-15/h6-7H,2-5,14H2,1H3. The summed E-state index contributed by atoms with van der Waals surface area (Å²) in [6, 6.07) is 3.58. The van der Waals surface area contributed by atoms with Gasteiger partial charge in [0.15, 0.2) is 0 Å². The number of rotatable bonds is 1. The number of amides is 1. The molecule has 1 saturated heterocycles. The number of carbonyl (C=O) groups is 1. The van der Waals surface area contributed by atoms with Crippen LogP contribution in [-0.2, 0) is 10.8 Å². The number of nitrogen functional groups attached to an aromatic ring is 1. The Morgan fingerprint density at radius 2 is 2.00 bits per heavy atom. The van der Waals surface area contributed by atoms with Crippen LogP contribution >= 0.6 is 15.9 Å². The molecule has 1 fully saturated rings. The van der Waals surface area contributed by atoms with Gasteiger partial charge in [-0.3, -0.25) is 9.00 Å². The van der Waals surface area contributed by atoms with Crippen molar-refractivity contribution in [3.63, 3.8) is 0 Å². The van der Waals surface area contributed by atoms with E-state index in [1.54, 1.807) is 17.0 Å². The summed E-state index contributed by atoms with van der Waals surface area (Å²) in [5, 5.41) is 0.